The van der Waals surface area contributed by atoms with Crippen LogP contribution in [0.3, 0.4) is 0 Å². The number of aliphatic hydroxyl groups excluding tert-OH is 6. The van der Waals surface area contributed by atoms with Crippen LogP contribution in [-0.4, -0.2) is 106 Å². The fraction of sp³-hybridized carbons (Fsp3) is 0.867. The second-order valence-electron chi connectivity index (χ2n) is 6.05. The number of ether oxygens (including phenoxy) is 4. The van der Waals surface area contributed by atoms with Crippen molar-refractivity contribution >= 4 is 0 Å². The maximum absolute atomic E-state index is 10.0. The van der Waals surface area contributed by atoms with Crippen molar-refractivity contribution in [2.45, 2.75) is 61.7 Å². The van der Waals surface area contributed by atoms with Gasteiger partial charge in [0.1, 0.15) is 42.7 Å². The molecule has 0 saturated carbocycles. The zero-order valence-corrected chi connectivity index (χ0v) is 13.6. The van der Waals surface area contributed by atoms with E-state index in [2.05, 4.69) is 6.58 Å². The highest BCUT2D eigenvalue weighted by atomic mass is 16.7. The molecule has 2 aliphatic rings. The van der Waals surface area contributed by atoms with Crippen molar-refractivity contribution in [1.29, 1.82) is 0 Å². The van der Waals surface area contributed by atoms with Gasteiger partial charge in [-0.05, 0) is 6.42 Å². The Morgan fingerprint density at radius 3 is 2.24 bits per heavy atom. The molecule has 0 spiro atoms. The van der Waals surface area contributed by atoms with Crippen LogP contribution in [0.15, 0.2) is 12.7 Å². The van der Waals surface area contributed by atoms with Crippen molar-refractivity contribution in [2.75, 3.05) is 19.8 Å². The third-order valence-electron chi connectivity index (χ3n) is 4.15. The summed E-state index contributed by atoms with van der Waals surface area (Å²) in [5, 5.41) is 58.6. The predicted octanol–water partition coefficient (Wildman–Crippen LogP) is -3.16. The van der Waals surface area contributed by atoms with E-state index in [1.807, 2.05) is 0 Å². The minimum absolute atomic E-state index is 0.205. The van der Waals surface area contributed by atoms with E-state index in [0.717, 1.165) is 0 Å². The first-order chi connectivity index (χ1) is 11.9. The normalized spacial score (nSPS) is 45.3. The lowest BCUT2D eigenvalue weighted by Crippen LogP contribution is -2.60. The fourth-order valence-corrected chi connectivity index (χ4v) is 2.58. The van der Waals surface area contributed by atoms with Crippen molar-refractivity contribution in [2.24, 2.45) is 0 Å². The average Bonchev–Trinajstić information content (AvgIpc) is 2.60. The minimum atomic E-state index is -1.51. The largest absolute Gasteiger partial charge is 0.388 e. The van der Waals surface area contributed by atoms with E-state index in [1.165, 1.54) is 0 Å². The average molecular weight is 366 g/mol. The maximum Gasteiger partial charge on any atom is 0.186 e. The lowest BCUT2D eigenvalue weighted by molar-refractivity contribution is -0.320. The lowest BCUT2D eigenvalue weighted by atomic mass is 9.99. The van der Waals surface area contributed by atoms with Gasteiger partial charge in [-0.1, -0.05) is 6.08 Å². The molecule has 0 amide bonds. The summed E-state index contributed by atoms with van der Waals surface area (Å²) in [6.07, 6.45) is -9.90. The summed E-state index contributed by atoms with van der Waals surface area (Å²) in [4.78, 5) is 0. The van der Waals surface area contributed by atoms with Crippen molar-refractivity contribution in [3.63, 3.8) is 0 Å². The summed E-state index contributed by atoms with van der Waals surface area (Å²) in [5.41, 5.74) is 0. The Hall–Kier alpha value is -0.660. The van der Waals surface area contributed by atoms with Crippen LogP contribution >= 0.6 is 0 Å². The Labute approximate surface area is 144 Å². The summed E-state index contributed by atoms with van der Waals surface area (Å²) in [5.74, 6) is 0. The second-order valence-corrected chi connectivity index (χ2v) is 6.05. The van der Waals surface area contributed by atoms with Gasteiger partial charge in [0.2, 0.25) is 0 Å². The van der Waals surface area contributed by atoms with Crippen LogP contribution in [0, 0.1) is 0 Å². The van der Waals surface area contributed by atoms with E-state index >= 15 is 0 Å². The van der Waals surface area contributed by atoms with Gasteiger partial charge in [0.25, 0.3) is 0 Å². The summed E-state index contributed by atoms with van der Waals surface area (Å²) >= 11 is 0. The molecule has 0 radical (unpaired) electrons. The van der Waals surface area contributed by atoms with Crippen LogP contribution < -0.4 is 0 Å². The third kappa shape index (κ3) is 4.95. The summed E-state index contributed by atoms with van der Waals surface area (Å²) in [6.45, 7) is 3.20. The molecule has 0 bridgehead atoms. The van der Waals surface area contributed by atoms with Gasteiger partial charge in [0.05, 0.1) is 19.8 Å². The van der Waals surface area contributed by atoms with Crippen molar-refractivity contribution < 1.29 is 49.6 Å². The number of rotatable bonds is 7. The third-order valence-corrected chi connectivity index (χ3v) is 4.15. The summed E-state index contributed by atoms with van der Waals surface area (Å²) in [7, 11) is 0. The number of aliphatic hydroxyl groups is 6. The molecule has 6 N–H and O–H groups in total. The van der Waals surface area contributed by atoms with E-state index in [9.17, 15) is 30.6 Å². The highest BCUT2D eigenvalue weighted by Crippen LogP contribution is 2.24. The molecule has 10 nitrogen and oxygen atoms in total. The van der Waals surface area contributed by atoms with E-state index in [0.29, 0.717) is 6.42 Å². The molecule has 2 aliphatic heterocycles. The van der Waals surface area contributed by atoms with Crippen LogP contribution in [0.4, 0.5) is 0 Å². The molecule has 2 saturated heterocycles. The Bertz CT molecular complexity index is 421. The van der Waals surface area contributed by atoms with Crippen molar-refractivity contribution in [1.82, 2.24) is 0 Å². The van der Waals surface area contributed by atoms with Gasteiger partial charge >= 0.3 is 0 Å². The van der Waals surface area contributed by atoms with Gasteiger partial charge in [-0.3, -0.25) is 0 Å². The first kappa shape index (κ1) is 20.6. The van der Waals surface area contributed by atoms with Crippen LogP contribution in [0.2, 0.25) is 0 Å². The standard InChI is InChI=1S/C15H26O10/c1-2-3-4-22-15-13(21)11(19)10(18)8(25-15)6-24-14-12(20)9(17)7(16)5-23-14/h2,7-21H,1,3-6H2. The van der Waals surface area contributed by atoms with Crippen molar-refractivity contribution in [3.8, 4) is 0 Å². The molecule has 0 aromatic carbocycles. The highest BCUT2D eigenvalue weighted by Gasteiger charge is 2.45. The second kappa shape index (κ2) is 9.33. The molecule has 2 fully saturated rings. The molecular weight excluding hydrogens is 340 g/mol. The van der Waals surface area contributed by atoms with E-state index in [-0.39, 0.29) is 19.8 Å². The minimum Gasteiger partial charge on any atom is -0.388 e. The van der Waals surface area contributed by atoms with Crippen LogP contribution in [-0.2, 0) is 18.9 Å². The Kier molecular flexibility index (Phi) is 7.70. The van der Waals surface area contributed by atoms with Gasteiger partial charge in [-0.25, -0.2) is 0 Å². The quantitative estimate of drug-likeness (QED) is 0.201. The molecule has 9 atom stereocenters. The molecule has 0 aromatic rings. The first-order valence-corrected chi connectivity index (χ1v) is 8.06. The monoisotopic (exact) mass is 366 g/mol. The van der Waals surface area contributed by atoms with Gasteiger partial charge in [-0.2, -0.15) is 0 Å². The fourth-order valence-electron chi connectivity index (χ4n) is 2.58. The SMILES string of the molecule is C=CCCOC1OC(COC2OCC(O)C(O)C2O)C(O)C(O)C1O. The predicted molar refractivity (Wildman–Crippen MR) is 81.2 cm³/mol. The van der Waals surface area contributed by atoms with Crippen LogP contribution in [0.1, 0.15) is 6.42 Å². The van der Waals surface area contributed by atoms with Gasteiger partial charge in [-0.15, -0.1) is 6.58 Å². The lowest BCUT2D eigenvalue weighted by Gasteiger charge is -2.41. The van der Waals surface area contributed by atoms with Crippen LogP contribution in [0.5, 0.6) is 0 Å². The van der Waals surface area contributed by atoms with Gasteiger partial charge in [0.15, 0.2) is 12.6 Å². The van der Waals surface area contributed by atoms with Gasteiger partial charge in [0, 0.05) is 0 Å². The molecule has 10 heteroatoms. The van der Waals surface area contributed by atoms with Crippen molar-refractivity contribution in [3.05, 3.63) is 12.7 Å². The molecule has 2 heterocycles. The Morgan fingerprint density at radius 2 is 1.56 bits per heavy atom. The number of hydrogen-bond donors (Lipinski definition) is 6. The Morgan fingerprint density at radius 1 is 0.880 bits per heavy atom. The maximum atomic E-state index is 10.0. The van der Waals surface area contributed by atoms with E-state index in [1.54, 1.807) is 6.08 Å². The summed E-state index contributed by atoms with van der Waals surface area (Å²) in [6, 6.07) is 0. The van der Waals surface area contributed by atoms with E-state index in [4.69, 9.17) is 18.9 Å². The molecule has 0 aromatic heterocycles. The molecule has 9 unspecified atom stereocenters. The zero-order chi connectivity index (χ0) is 18.6. The highest BCUT2D eigenvalue weighted by molar-refractivity contribution is 4.90. The molecule has 0 aliphatic carbocycles. The van der Waals surface area contributed by atoms with Crippen LogP contribution in [0.25, 0.3) is 0 Å². The first-order valence-electron chi connectivity index (χ1n) is 8.06. The van der Waals surface area contributed by atoms with Gasteiger partial charge < -0.3 is 49.6 Å². The number of hydrogen-bond acceptors (Lipinski definition) is 10. The smallest absolute Gasteiger partial charge is 0.186 e. The molecule has 25 heavy (non-hydrogen) atoms. The van der Waals surface area contributed by atoms with E-state index < -0.39 is 55.3 Å². The summed E-state index contributed by atoms with van der Waals surface area (Å²) < 4.78 is 21.1. The zero-order valence-electron chi connectivity index (χ0n) is 13.6. The topological polar surface area (TPSA) is 158 Å². The molecule has 146 valence electrons. The Balaban J connectivity index is 1.89. The molecule has 2 rings (SSSR count). The molecular formula is C15H26O10.